The molecule has 0 amide bonds. The molecule has 43 heavy (non-hydrogen) atoms. The fourth-order valence-corrected chi connectivity index (χ4v) is 8.06. The summed E-state index contributed by atoms with van der Waals surface area (Å²) in [5.74, 6) is -2.06. The lowest BCUT2D eigenvalue weighted by molar-refractivity contribution is -0.150. The molecule has 0 saturated heterocycles. The third-order valence-corrected chi connectivity index (χ3v) is 11.0. The zero-order chi connectivity index (χ0) is 31.2. The molecule has 5 nitrogen and oxygen atoms in total. The maximum absolute atomic E-state index is 14.5. The minimum absolute atomic E-state index is 0.122. The van der Waals surface area contributed by atoms with Crippen LogP contribution in [0.5, 0.6) is 0 Å². The predicted octanol–water partition coefficient (Wildman–Crippen LogP) is 9.02. The second-order valence-corrected chi connectivity index (χ2v) is 13.9. The van der Waals surface area contributed by atoms with Gasteiger partial charge in [0.05, 0.1) is 27.1 Å². The van der Waals surface area contributed by atoms with Crippen molar-refractivity contribution in [3.8, 4) is 0 Å². The highest BCUT2D eigenvalue weighted by atomic mass is 35.5. The van der Waals surface area contributed by atoms with Crippen molar-refractivity contribution in [1.29, 1.82) is 0 Å². The minimum Gasteiger partial charge on any atom is -0.481 e. The SMILES string of the molecule is CC1(C(=O)O)CCC(C2CC(C(F)(F)F)=C(C(=O)C(=CCC(=O)c3c(Cl)cccc3Cl)CC3CC34CCCC4)C=N2)CC1. The van der Waals surface area contributed by atoms with Gasteiger partial charge in [-0.1, -0.05) is 48.2 Å². The number of hydrogen-bond donors (Lipinski definition) is 1. The highest BCUT2D eigenvalue weighted by Crippen LogP contribution is 2.65. The number of halogens is 5. The van der Waals surface area contributed by atoms with E-state index in [2.05, 4.69) is 4.99 Å². The molecular formula is C33H36Cl2F3NO4. The lowest BCUT2D eigenvalue weighted by atomic mass is 9.69. The Kier molecular flexibility index (Phi) is 9.03. The summed E-state index contributed by atoms with van der Waals surface area (Å²) in [4.78, 5) is 43.1. The number of Topliss-reactive ketones (excluding diaryl/α,β-unsaturated/α-hetero) is 2. The lowest BCUT2D eigenvalue weighted by Gasteiger charge is -2.37. The molecule has 3 aliphatic carbocycles. The van der Waals surface area contributed by atoms with Crippen molar-refractivity contribution in [2.75, 3.05) is 0 Å². The largest absolute Gasteiger partial charge is 0.481 e. The van der Waals surface area contributed by atoms with Crippen LogP contribution in [-0.2, 0) is 9.59 Å². The second-order valence-electron chi connectivity index (χ2n) is 13.1. The molecule has 2 unspecified atom stereocenters. The lowest BCUT2D eigenvalue weighted by Crippen LogP contribution is -2.37. The molecule has 1 aromatic rings. The topological polar surface area (TPSA) is 83.8 Å². The van der Waals surface area contributed by atoms with Gasteiger partial charge >= 0.3 is 12.1 Å². The molecule has 1 heterocycles. The van der Waals surface area contributed by atoms with Gasteiger partial charge in [0, 0.05) is 30.2 Å². The first-order valence-corrected chi connectivity index (χ1v) is 15.8. The van der Waals surface area contributed by atoms with E-state index >= 15 is 0 Å². The maximum Gasteiger partial charge on any atom is 0.413 e. The number of benzene rings is 1. The second kappa shape index (κ2) is 12.2. The van der Waals surface area contributed by atoms with Gasteiger partial charge in [-0.25, -0.2) is 0 Å². The van der Waals surface area contributed by atoms with Crippen LogP contribution in [0.4, 0.5) is 13.2 Å². The Balaban J connectivity index is 1.40. The normalized spacial score (nSPS) is 28.8. The van der Waals surface area contributed by atoms with Crippen LogP contribution in [0, 0.1) is 22.7 Å². The number of nitrogens with zero attached hydrogens (tertiary/aromatic N) is 1. The molecule has 10 heteroatoms. The molecule has 0 radical (unpaired) electrons. The van der Waals surface area contributed by atoms with Crippen molar-refractivity contribution in [3.05, 3.63) is 56.6 Å². The minimum atomic E-state index is -4.74. The van der Waals surface area contributed by atoms with Crippen molar-refractivity contribution < 1.29 is 32.7 Å². The number of aliphatic imine (C=N–C) groups is 1. The summed E-state index contributed by atoms with van der Waals surface area (Å²) in [5, 5.41) is 9.87. The van der Waals surface area contributed by atoms with E-state index in [1.807, 2.05) is 0 Å². The Morgan fingerprint density at radius 2 is 1.70 bits per heavy atom. The molecule has 232 valence electrons. The number of carboxylic acids is 1. The Morgan fingerprint density at radius 1 is 1.07 bits per heavy atom. The van der Waals surface area contributed by atoms with Crippen LogP contribution in [0.2, 0.25) is 10.0 Å². The molecular weight excluding hydrogens is 602 g/mol. The number of hydrogen-bond acceptors (Lipinski definition) is 4. The number of carbonyl (C=O) groups is 3. The molecule has 0 aromatic heterocycles. The van der Waals surface area contributed by atoms with Gasteiger partial charge in [-0.15, -0.1) is 0 Å². The zero-order valence-electron chi connectivity index (χ0n) is 24.1. The fraction of sp³-hybridized carbons (Fsp3) is 0.576. The van der Waals surface area contributed by atoms with Crippen LogP contribution in [0.1, 0.15) is 94.3 Å². The highest BCUT2D eigenvalue weighted by Gasteiger charge is 2.55. The summed E-state index contributed by atoms with van der Waals surface area (Å²) >= 11 is 12.4. The van der Waals surface area contributed by atoms with Crippen LogP contribution < -0.4 is 0 Å². The van der Waals surface area contributed by atoms with Gasteiger partial charge in [0.2, 0.25) is 0 Å². The average molecular weight is 639 g/mol. The summed E-state index contributed by atoms with van der Waals surface area (Å²) in [6.45, 7) is 1.67. The summed E-state index contributed by atoms with van der Waals surface area (Å²) in [6.07, 6.45) is 4.37. The van der Waals surface area contributed by atoms with Gasteiger partial charge in [-0.2, -0.15) is 13.2 Å². The van der Waals surface area contributed by atoms with Gasteiger partial charge in [-0.3, -0.25) is 19.4 Å². The fourth-order valence-electron chi connectivity index (χ4n) is 7.45. The van der Waals surface area contributed by atoms with E-state index in [4.69, 9.17) is 23.2 Å². The van der Waals surface area contributed by atoms with E-state index in [1.165, 1.54) is 18.2 Å². The number of carboxylic acid groups (broad SMARTS) is 1. The average Bonchev–Trinajstić information content (AvgIpc) is 3.39. The maximum atomic E-state index is 14.5. The van der Waals surface area contributed by atoms with Crippen molar-refractivity contribution in [2.24, 2.45) is 27.7 Å². The quantitative estimate of drug-likeness (QED) is 0.216. The van der Waals surface area contributed by atoms with E-state index < -0.39 is 52.7 Å². The molecule has 1 aromatic carbocycles. The molecule has 1 aliphatic heterocycles. The summed E-state index contributed by atoms with van der Waals surface area (Å²) < 4.78 is 43.4. The summed E-state index contributed by atoms with van der Waals surface area (Å²) in [7, 11) is 0. The van der Waals surface area contributed by atoms with Crippen molar-refractivity contribution in [1.82, 2.24) is 0 Å². The summed E-state index contributed by atoms with van der Waals surface area (Å²) in [5.41, 5.74) is -1.79. The third kappa shape index (κ3) is 6.65. The van der Waals surface area contributed by atoms with Crippen molar-refractivity contribution in [2.45, 2.75) is 96.2 Å². The Morgan fingerprint density at radius 3 is 2.28 bits per heavy atom. The number of ketones is 2. The van der Waals surface area contributed by atoms with Gasteiger partial charge in [-0.05, 0) is 93.2 Å². The van der Waals surface area contributed by atoms with Crippen LogP contribution in [0.3, 0.4) is 0 Å². The number of allylic oxidation sites excluding steroid dienone is 3. The molecule has 5 rings (SSSR count). The Labute approximate surface area is 259 Å². The van der Waals surface area contributed by atoms with Crippen molar-refractivity contribution in [3.63, 3.8) is 0 Å². The van der Waals surface area contributed by atoms with Crippen LogP contribution in [0.15, 0.2) is 46.0 Å². The number of aliphatic carboxylic acids is 1. The molecule has 3 saturated carbocycles. The first-order valence-electron chi connectivity index (χ1n) is 15.0. The molecule has 2 atom stereocenters. The van der Waals surface area contributed by atoms with E-state index in [0.29, 0.717) is 32.1 Å². The van der Waals surface area contributed by atoms with Gasteiger partial charge in [0.1, 0.15) is 0 Å². The van der Waals surface area contributed by atoms with Crippen LogP contribution in [-0.4, -0.2) is 41.1 Å². The number of rotatable bonds is 9. The molecule has 3 fully saturated rings. The monoisotopic (exact) mass is 637 g/mol. The first kappa shape index (κ1) is 32.0. The van der Waals surface area contributed by atoms with Gasteiger partial charge in [0.15, 0.2) is 11.6 Å². The predicted molar refractivity (Wildman–Crippen MR) is 160 cm³/mol. The Hall–Kier alpha value is -2.45. The summed E-state index contributed by atoms with van der Waals surface area (Å²) in [6, 6.07) is 4.01. The van der Waals surface area contributed by atoms with E-state index in [0.717, 1.165) is 38.3 Å². The van der Waals surface area contributed by atoms with E-state index in [-0.39, 0.29) is 44.9 Å². The van der Waals surface area contributed by atoms with E-state index in [9.17, 15) is 32.7 Å². The zero-order valence-corrected chi connectivity index (χ0v) is 25.6. The van der Waals surface area contributed by atoms with Crippen LogP contribution >= 0.6 is 23.2 Å². The van der Waals surface area contributed by atoms with Crippen LogP contribution in [0.25, 0.3) is 0 Å². The highest BCUT2D eigenvalue weighted by molar-refractivity contribution is 6.39. The van der Waals surface area contributed by atoms with Gasteiger partial charge in [0.25, 0.3) is 0 Å². The number of dihydropyridines is 1. The standard InChI is InChI=1S/C33H36Cl2F3NO4/c1-31(30(42)43)13-9-19(10-14-31)26-16-23(33(36,37)38)22(18-39-26)29(41)20(15-21-17-32(21)11-2-3-12-32)7-8-27(40)28-24(34)5-4-6-25(28)35/h4-7,18-19,21,26H,2-3,8-17H2,1H3,(H,42,43). The van der Waals surface area contributed by atoms with E-state index in [1.54, 1.807) is 13.0 Å². The number of alkyl halides is 3. The third-order valence-electron chi connectivity index (χ3n) is 10.4. The molecule has 1 spiro atoms. The number of carbonyl (C=O) groups excluding carboxylic acids is 2. The first-order chi connectivity index (χ1) is 20.2. The Bertz CT molecular complexity index is 1380. The molecule has 0 bridgehead atoms. The molecule has 1 N–H and O–H groups in total. The van der Waals surface area contributed by atoms with Gasteiger partial charge < -0.3 is 5.11 Å². The van der Waals surface area contributed by atoms with Crippen molar-refractivity contribution >= 4 is 47.0 Å². The smallest absolute Gasteiger partial charge is 0.413 e. The molecule has 4 aliphatic rings.